The number of amides is 1. The van der Waals surface area contributed by atoms with Gasteiger partial charge in [-0.05, 0) is 32.0 Å². The Bertz CT molecular complexity index is 956. The van der Waals surface area contributed by atoms with Gasteiger partial charge in [-0.15, -0.1) is 0 Å². The van der Waals surface area contributed by atoms with E-state index in [1.165, 1.54) is 27.0 Å². The van der Waals surface area contributed by atoms with Crippen LogP contribution in [0.1, 0.15) is 51.8 Å². The summed E-state index contributed by atoms with van der Waals surface area (Å²) in [5.74, 6) is -0.664. The number of halogens is 1. The number of anilines is 1. The van der Waals surface area contributed by atoms with Gasteiger partial charge in [-0.2, -0.15) is 5.26 Å². The molecule has 1 amide bonds. The molecule has 1 heterocycles. The number of benzene rings is 1. The lowest BCUT2D eigenvalue weighted by Crippen LogP contribution is -2.14. The molecule has 2 aromatic rings. The number of hydrogen-bond donors (Lipinski definition) is 1. The van der Waals surface area contributed by atoms with Gasteiger partial charge in [0.2, 0.25) is 11.8 Å². The van der Waals surface area contributed by atoms with Crippen LogP contribution in [0.15, 0.2) is 22.6 Å². The highest BCUT2D eigenvalue weighted by atomic mass is 35.5. The summed E-state index contributed by atoms with van der Waals surface area (Å²) in [4.78, 5) is 36.1. The summed E-state index contributed by atoms with van der Waals surface area (Å²) in [6.45, 7) is 2.84. The third-order valence-electron chi connectivity index (χ3n) is 3.84. The van der Waals surface area contributed by atoms with Crippen molar-refractivity contribution in [2.24, 2.45) is 0 Å². The summed E-state index contributed by atoms with van der Waals surface area (Å²) in [7, 11) is 1.43. The maximum absolute atomic E-state index is 12.4. The molecule has 140 valence electrons. The highest BCUT2D eigenvalue weighted by Gasteiger charge is 2.23. The molecule has 0 atom stereocenters. The third kappa shape index (κ3) is 4.54. The van der Waals surface area contributed by atoms with E-state index in [0.717, 1.165) is 0 Å². The maximum atomic E-state index is 12.4. The number of nitrogens with zero attached hydrogens (tertiary/aromatic N) is 1. The largest absolute Gasteiger partial charge is 0.496 e. The van der Waals surface area contributed by atoms with Crippen molar-refractivity contribution in [2.75, 3.05) is 12.4 Å². The first-order valence-corrected chi connectivity index (χ1v) is 8.37. The van der Waals surface area contributed by atoms with Crippen LogP contribution in [-0.4, -0.2) is 24.6 Å². The fourth-order valence-corrected chi connectivity index (χ4v) is 2.78. The van der Waals surface area contributed by atoms with Gasteiger partial charge in [-0.25, -0.2) is 0 Å². The molecule has 0 radical (unpaired) electrons. The molecule has 7 nitrogen and oxygen atoms in total. The van der Waals surface area contributed by atoms with Crippen LogP contribution in [0.2, 0.25) is 5.02 Å². The predicted molar refractivity (Wildman–Crippen MR) is 98.4 cm³/mol. The van der Waals surface area contributed by atoms with E-state index >= 15 is 0 Å². The van der Waals surface area contributed by atoms with Crippen molar-refractivity contribution in [3.63, 3.8) is 0 Å². The van der Waals surface area contributed by atoms with Crippen molar-refractivity contribution >= 4 is 35.0 Å². The van der Waals surface area contributed by atoms with Crippen molar-refractivity contribution < 1.29 is 23.5 Å². The van der Waals surface area contributed by atoms with Crippen molar-refractivity contribution in [1.82, 2.24) is 0 Å². The van der Waals surface area contributed by atoms with Crippen LogP contribution in [0.4, 0.5) is 5.88 Å². The van der Waals surface area contributed by atoms with Crippen molar-refractivity contribution in [1.29, 1.82) is 5.26 Å². The van der Waals surface area contributed by atoms with Gasteiger partial charge in [-0.3, -0.25) is 19.7 Å². The van der Waals surface area contributed by atoms with Gasteiger partial charge in [0.1, 0.15) is 23.1 Å². The van der Waals surface area contributed by atoms with E-state index in [9.17, 15) is 19.6 Å². The van der Waals surface area contributed by atoms with Crippen LogP contribution in [0.3, 0.4) is 0 Å². The average molecular weight is 389 g/mol. The van der Waals surface area contributed by atoms with E-state index in [1.54, 1.807) is 12.1 Å². The van der Waals surface area contributed by atoms with Crippen LogP contribution >= 0.6 is 11.6 Å². The molecule has 0 aliphatic heterocycles. The van der Waals surface area contributed by atoms with Crippen LogP contribution < -0.4 is 10.1 Å². The topological polar surface area (TPSA) is 109 Å². The fraction of sp³-hybridized carbons (Fsp3) is 0.263. The SMILES string of the molecule is COc1ccc(Cl)cc1C(=O)CCC(=O)Nc1oc(C)c(C(C)=O)c1C#N. The van der Waals surface area contributed by atoms with Gasteiger partial charge < -0.3 is 9.15 Å². The number of nitriles is 1. The number of furan rings is 1. The molecule has 0 saturated carbocycles. The molecule has 1 aromatic carbocycles. The van der Waals surface area contributed by atoms with Gasteiger partial charge in [0.05, 0.1) is 18.2 Å². The monoisotopic (exact) mass is 388 g/mol. The Morgan fingerprint density at radius 2 is 2.00 bits per heavy atom. The van der Waals surface area contributed by atoms with Gasteiger partial charge in [0, 0.05) is 17.9 Å². The molecule has 27 heavy (non-hydrogen) atoms. The molecule has 0 unspecified atom stereocenters. The maximum Gasteiger partial charge on any atom is 0.227 e. The Hall–Kier alpha value is -3.11. The summed E-state index contributed by atoms with van der Waals surface area (Å²) >= 11 is 5.91. The first-order valence-electron chi connectivity index (χ1n) is 7.99. The number of Topliss-reactive ketones (excluding diaryl/α,β-unsaturated/α-hetero) is 2. The number of methoxy groups -OCH3 is 1. The quantitative estimate of drug-likeness (QED) is 0.719. The zero-order valence-corrected chi connectivity index (χ0v) is 15.8. The van der Waals surface area contributed by atoms with E-state index in [2.05, 4.69) is 5.32 Å². The first kappa shape index (κ1) is 20.2. The molecule has 1 N–H and O–H groups in total. The van der Waals surface area contributed by atoms with Crippen LogP contribution in [0.25, 0.3) is 0 Å². The second-order valence-corrected chi connectivity index (χ2v) is 6.16. The number of rotatable bonds is 7. The van der Waals surface area contributed by atoms with Gasteiger partial charge in [-0.1, -0.05) is 11.6 Å². The smallest absolute Gasteiger partial charge is 0.227 e. The highest BCUT2D eigenvalue weighted by molar-refractivity contribution is 6.31. The van der Waals surface area contributed by atoms with E-state index in [4.69, 9.17) is 20.8 Å². The fourth-order valence-electron chi connectivity index (χ4n) is 2.61. The molecule has 1 aromatic heterocycles. The van der Waals surface area contributed by atoms with Crippen LogP contribution in [-0.2, 0) is 4.79 Å². The number of ketones is 2. The summed E-state index contributed by atoms with van der Waals surface area (Å²) in [5, 5.41) is 12.0. The summed E-state index contributed by atoms with van der Waals surface area (Å²) in [6.07, 6.45) is -0.238. The Morgan fingerprint density at radius 3 is 2.59 bits per heavy atom. The first-order chi connectivity index (χ1) is 12.8. The summed E-state index contributed by atoms with van der Waals surface area (Å²) in [6, 6.07) is 6.50. The number of carbonyl (C=O) groups is 3. The van der Waals surface area contributed by atoms with Crippen molar-refractivity contribution in [2.45, 2.75) is 26.7 Å². The standard InChI is InChI=1S/C19H17ClN2O5/c1-10(23)18-11(2)27-19(14(18)9-21)22-17(25)7-5-15(24)13-8-12(20)4-6-16(13)26-3/h4,6,8H,5,7H2,1-3H3,(H,22,25). The molecule has 0 bridgehead atoms. The molecule has 0 saturated heterocycles. The number of nitrogens with one attached hydrogen (secondary N) is 1. The number of carbonyl (C=O) groups excluding carboxylic acids is 3. The molecule has 0 aliphatic rings. The Labute approximate surface area is 160 Å². The molecule has 0 fully saturated rings. The molecular formula is C19H17ClN2O5. The molecule has 0 aliphatic carbocycles. The van der Waals surface area contributed by atoms with Gasteiger partial charge in [0.15, 0.2) is 11.6 Å². The van der Waals surface area contributed by atoms with E-state index in [-0.39, 0.29) is 52.7 Å². The summed E-state index contributed by atoms with van der Waals surface area (Å²) in [5.41, 5.74) is 0.381. The molecule has 0 spiro atoms. The highest BCUT2D eigenvalue weighted by Crippen LogP contribution is 2.27. The van der Waals surface area contributed by atoms with Crippen LogP contribution in [0.5, 0.6) is 5.75 Å². The van der Waals surface area contributed by atoms with Gasteiger partial charge in [0.25, 0.3) is 0 Å². The normalized spacial score (nSPS) is 10.2. The number of hydrogen-bond acceptors (Lipinski definition) is 6. The van der Waals surface area contributed by atoms with Crippen molar-refractivity contribution in [3.8, 4) is 11.8 Å². The zero-order valence-electron chi connectivity index (χ0n) is 15.0. The molecular weight excluding hydrogens is 372 g/mol. The zero-order chi connectivity index (χ0) is 20.1. The lowest BCUT2D eigenvalue weighted by atomic mass is 10.1. The van der Waals surface area contributed by atoms with Gasteiger partial charge >= 0.3 is 0 Å². The minimum absolute atomic E-state index is 0.0313. The predicted octanol–water partition coefficient (Wildman–Crippen LogP) is 3.93. The Kier molecular flexibility index (Phi) is 6.37. The molecule has 8 heteroatoms. The van der Waals surface area contributed by atoms with Crippen LogP contribution in [0, 0.1) is 18.3 Å². The van der Waals surface area contributed by atoms with Crippen molar-refractivity contribution in [3.05, 3.63) is 45.7 Å². The lowest BCUT2D eigenvalue weighted by Gasteiger charge is -2.08. The Morgan fingerprint density at radius 1 is 1.30 bits per heavy atom. The van der Waals surface area contributed by atoms with E-state index in [1.807, 2.05) is 6.07 Å². The number of aryl methyl sites for hydroxylation is 1. The third-order valence-corrected chi connectivity index (χ3v) is 4.08. The van der Waals surface area contributed by atoms with E-state index in [0.29, 0.717) is 10.8 Å². The Balaban J connectivity index is 2.09. The second kappa shape index (κ2) is 8.52. The minimum Gasteiger partial charge on any atom is -0.496 e. The van der Waals surface area contributed by atoms with E-state index < -0.39 is 5.91 Å². The number of ether oxygens (including phenoxy) is 1. The minimum atomic E-state index is -0.523. The summed E-state index contributed by atoms with van der Waals surface area (Å²) < 4.78 is 10.4. The average Bonchev–Trinajstić information content (AvgIpc) is 2.94. The second-order valence-electron chi connectivity index (χ2n) is 5.72. The molecule has 2 rings (SSSR count). The lowest BCUT2D eigenvalue weighted by molar-refractivity contribution is -0.116.